The molecule has 0 aliphatic rings. The highest BCUT2D eigenvalue weighted by Gasteiger charge is 2.18. The van der Waals surface area contributed by atoms with E-state index in [-0.39, 0.29) is 18.4 Å². The van der Waals surface area contributed by atoms with Crippen molar-refractivity contribution < 1.29 is 9.47 Å². The lowest BCUT2D eigenvalue weighted by Gasteiger charge is -2.26. The van der Waals surface area contributed by atoms with Crippen molar-refractivity contribution >= 4 is 11.6 Å². The number of hydrogen-bond donors (Lipinski definition) is 1. The number of ether oxygens (including phenoxy) is 2. The smallest absolute Gasteiger partial charge is 0.171 e. The van der Waals surface area contributed by atoms with E-state index in [2.05, 4.69) is 12.2 Å². The highest BCUT2D eigenvalue weighted by atomic mass is 35.5. The molecular weight excluding hydrogens is 238 g/mol. The number of methoxy groups -OCH3 is 2. The quantitative estimate of drug-likeness (QED) is 0.795. The summed E-state index contributed by atoms with van der Waals surface area (Å²) >= 11 is 5.97. The van der Waals surface area contributed by atoms with Crippen molar-refractivity contribution in [2.75, 3.05) is 14.2 Å². The molecule has 4 heteroatoms. The van der Waals surface area contributed by atoms with Gasteiger partial charge in [0.25, 0.3) is 0 Å². The Morgan fingerprint density at radius 3 is 2.35 bits per heavy atom. The summed E-state index contributed by atoms with van der Waals surface area (Å²) in [5.41, 5.74) is 1.15. The van der Waals surface area contributed by atoms with Gasteiger partial charge in [0, 0.05) is 25.3 Å². The van der Waals surface area contributed by atoms with Crippen molar-refractivity contribution in [2.24, 2.45) is 0 Å². The van der Waals surface area contributed by atoms with Crippen LogP contribution in [-0.4, -0.2) is 26.6 Å². The Hall–Kier alpha value is -0.610. The van der Waals surface area contributed by atoms with Crippen molar-refractivity contribution in [3.05, 3.63) is 34.9 Å². The van der Waals surface area contributed by atoms with Crippen LogP contribution >= 0.6 is 11.6 Å². The molecule has 17 heavy (non-hydrogen) atoms. The molecule has 0 spiro atoms. The summed E-state index contributed by atoms with van der Waals surface area (Å²) in [6.45, 7) is 4.11. The molecule has 3 nitrogen and oxygen atoms in total. The van der Waals surface area contributed by atoms with E-state index in [4.69, 9.17) is 21.1 Å². The van der Waals surface area contributed by atoms with Crippen LogP contribution in [0.15, 0.2) is 24.3 Å². The lowest BCUT2D eigenvalue weighted by Crippen LogP contribution is -2.40. The van der Waals surface area contributed by atoms with Gasteiger partial charge >= 0.3 is 0 Å². The Bertz CT molecular complexity index is 342. The van der Waals surface area contributed by atoms with E-state index in [1.165, 1.54) is 0 Å². The van der Waals surface area contributed by atoms with Crippen molar-refractivity contribution in [1.29, 1.82) is 0 Å². The minimum absolute atomic E-state index is 0.0963. The van der Waals surface area contributed by atoms with Gasteiger partial charge in [-0.2, -0.15) is 0 Å². The summed E-state index contributed by atoms with van der Waals surface area (Å²) in [4.78, 5) is 0. The molecule has 0 aliphatic heterocycles. The summed E-state index contributed by atoms with van der Waals surface area (Å²) in [7, 11) is 3.27. The SMILES string of the molecule is COC(OC)C(C)NC(C)c1cccc(Cl)c1. The van der Waals surface area contributed by atoms with Crippen LogP contribution in [0, 0.1) is 0 Å². The number of halogens is 1. The van der Waals surface area contributed by atoms with Gasteiger partial charge in [0.1, 0.15) is 0 Å². The second-order valence-corrected chi connectivity index (χ2v) is 4.51. The molecule has 1 aromatic rings. The summed E-state index contributed by atoms with van der Waals surface area (Å²) in [6.07, 6.45) is -0.253. The zero-order valence-electron chi connectivity index (χ0n) is 10.7. The van der Waals surface area contributed by atoms with E-state index in [0.717, 1.165) is 10.6 Å². The second-order valence-electron chi connectivity index (χ2n) is 4.07. The van der Waals surface area contributed by atoms with Gasteiger partial charge in [-0.3, -0.25) is 0 Å². The fourth-order valence-corrected chi connectivity index (χ4v) is 2.05. The van der Waals surface area contributed by atoms with Crippen LogP contribution in [-0.2, 0) is 9.47 Å². The van der Waals surface area contributed by atoms with Crippen molar-refractivity contribution in [3.8, 4) is 0 Å². The average Bonchev–Trinajstić information content (AvgIpc) is 2.30. The van der Waals surface area contributed by atoms with Crippen LogP contribution in [0.2, 0.25) is 5.02 Å². The highest BCUT2D eigenvalue weighted by Crippen LogP contribution is 2.18. The van der Waals surface area contributed by atoms with Gasteiger partial charge in [-0.05, 0) is 31.5 Å². The lowest BCUT2D eigenvalue weighted by atomic mass is 10.1. The normalized spacial score (nSPS) is 14.9. The third-order valence-electron chi connectivity index (χ3n) is 2.73. The molecule has 0 bridgehead atoms. The Labute approximate surface area is 108 Å². The Morgan fingerprint density at radius 2 is 1.82 bits per heavy atom. The molecule has 0 amide bonds. The van der Waals surface area contributed by atoms with Crippen LogP contribution in [0.25, 0.3) is 0 Å². The number of nitrogens with one attached hydrogen (secondary N) is 1. The monoisotopic (exact) mass is 257 g/mol. The Balaban J connectivity index is 2.62. The van der Waals surface area contributed by atoms with Gasteiger partial charge < -0.3 is 14.8 Å². The molecule has 1 aromatic carbocycles. The third kappa shape index (κ3) is 4.28. The molecule has 0 aromatic heterocycles. The molecule has 2 atom stereocenters. The maximum absolute atomic E-state index is 5.97. The summed E-state index contributed by atoms with van der Waals surface area (Å²) in [6, 6.07) is 8.11. The first kappa shape index (κ1) is 14.5. The van der Waals surface area contributed by atoms with Gasteiger partial charge in [0.05, 0.1) is 6.04 Å². The van der Waals surface area contributed by atoms with E-state index in [1.807, 2.05) is 31.2 Å². The van der Waals surface area contributed by atoms with Crippen molar-refractivity contribution in [2.45, 2.75) is 32.2 Å². The summed E-state index contributed by atoms with van der Waals surface area (Å²) in [5, 5.41) is 4.17. The minimum Gasteiger partial charge on any atom is -0.354 e. The molecule has 0 heterocycles. The van der Waals surface area contributed by atoms with Crippen LogP contribution in [0.3, 0.4) is 0 Å². The maximum atomic E-state index is 5.97. The maximum Gasteiger partial charge on any atom is 0.171 e. The van der Waals surface area contributed by atoms with Crippen molar-refractivity contribution in [3.63, 3.8) is 0 Å². The molecule has 0 radical (unpaired) electrons. The molecule has 1 N–H and O–H groups in total. The summed E-state index contributed by atoms with van der Waals surface area (Å²) < 4.78 is 10.4. The molecule has 0 saturated carbocycles. The predicted molar refractivity (Wildman–Crippen MR) is 70.3 cm³/mol. The first-order valence-corrected chi connectivity index (χ1v) is 6.03. The molecule has 0 saturated heterocycles. The largest absolute Gasteiger partial charge is 0.354 e. The van der Waals surface area contributed by atoms with E-state index in [1.54, 1.807) is 14.2 Å². The van der Waals surface area contributed by atoms with Crippen LogP contribution in [0.4, 0.5) is 0 Å². The molecule has 0 aliphatic carbocycles. The summed E-state index contributed by atoms with van der Waals surface area (Å²) in [5.74, 6) is 0. The number of hydrogen-bond acceptors (Lipinski definition) is 3. The lowest BCUT2D eigenvalue weighted by molar-refractivity contribution is -0.120. The van der Waals surface area contributed by atoms with E-state index in [0.29, 0.717) is 0 Å². The second kappa shape index (κ2) is 6.97. The fraction of sp³-hybridized carbons (Fsp3) is 0.538. The van der Waals surface area contributed by atoms with Crippen LogP contribution in [0.1, 0.15) is 25.5 Å². The first-order chi connectivity index (χ1) is 8.08. The minimum atomic E-state index is -0.253. The molecule has 96 valence electrons. The van der Waals surface area contributed by atoms with Crippen LogP contribution in [0.5, 0.6) is 0 Å². The standard InChI is InChI=1S/C13H20ClNO2/c1-9(11-6-5-7-12(14)8-11)15-10(2)13(16-3)17-4/h5-10,13,15H,1-4H3. The van der Waals surface area contributed by atoms with Crippen LogP contribution < -0.4 is 5.32 Å². The highest BCUT2D eigenvalue weighted by molar-refractivity contribution is 6.30. The van der Waals surface area contributed by atoms with Gasteiger partial charge in [-0.25, -0.2) is 0 Å². The number of rotatable bonds is 6. The Morgan fingerprint density at radius 1 is 1.18 bits per heavy atom. The molecular formula is C13H20ClNO2. The molecule has 1 rings (SSSR count). The predicted octanol–water partition coefficient (Wildman–Crippen LogP) is 3.00. The number of benzene rings is 1. The van der Waals surface area contributed by atoms with E-state index < -0.39 is 0 Å². The fourth-order valence-electron chi connectivity index (χ4n) is 1.85. The topological polar surface area (TPSA) is 30.5 Å². The average molecular weight is 258 g/mol. The van der Waals surface area contributed by atoms with E-state index >= 15 is 0 Å². The van der Waals surface area contributed by atoms with Gasteiger partial charge in [0.2, 0.25) is 0 Å². The van der Waals surface area contributed by atoms with Crippen molar-refractivity contribution in [1.82, 2.24) is 5.32 Å². The van der Waals surface area contributed by atoms with Gasteiger partial charge in [0.15, 0.2) is 6.29 Å². The molecule has 2 unspecified atom stereocenters. The first-order valence-electron chi connectivity index (χ1n) is 5.65. The van der Waals surface area contributed by atoms with Gasteiger partial charge in [-0.1, -0.05) is 23.7 Å². The molecule has 0 fully saturated rings. The zero-order valence-corrected chi connectivity index (χ0v) is 11.5. The Kier molecular flexibility index (Phi) is 5.92. The third-order valence-corrected chi connectivity index (χ3v) is 2.97. The van der Waals surface area contributed by atoms with E-state index in [9.17, 15) is 0 Å². The van der Waals surface area contributed by atoms with Gasteiger partial charge in [-0.15, -0.1) is 0 Å². The zero-order chi connectivity index (χ0) is 12.8.